The zero-order valence-electron chi connectivity index (χ0n) is 15.4. The maximum Gasteiger partial charge on any atom is 0.224 e. The van der Waals surface area contributed by atoms with Crippen LogP contribution in [0, 0.1) is 0 Å². The van der Waals surface area contributed by atoms with Crippen molar-refractivity contribution in [3.05, 3.63) is 18.2 Å². The maximum absolute atomic E-state index is 12.4. The maximum atomic E-state index is 12.4. The molecule has 1 fully saturated rings. The molecule has 0 aliphatic carbocycles. The van der Waals surface area contributed by atoms with Gasteiger partial charge in [0.15, 0.2) is 0 Å². The Hall–Kier alpha value is -2.28. The molecule has 0 aromatic heterocycles. The van der Waals surface area contributed by atoms with Crippen molar-refractivity contribution in [2.45, 2.75) is 13.3 Å². The number of carbonyl (C=O) groups excluding carboxylic acids is 2. The average Bonchev–Trinajstić information content (AvgIpc) is 2.62. The van der Waals surface area contributed by atoms with Crippen molar-refractivity contribution >= 4 is 17.5 Å². The molecule has 1 heterocycles. The van der Waals surface area contributed by atoms with Gasteiger partial charge in [-0.2, -0.15) is 0 Å². The lowest BCUT2D eigenvalue weighted by Crippen LogP contribution is -2.47. The van der Waals surface area contributed by atoms with Crippen molar-refractivity contribution in [2.24, 2.45) is 0 Å². The van der Waals surface area contributed by atoms with Crippen LogP contribution in [-0.4, -0.2) is 75.6 Å². The molecule has 2 rings (SSSR count). The Morgan fingerprint density at radius 1 is 1.12 bits per heavy atom. The van der Waals surface area contributed by atoms with Crippen LogP contribution in [0.15, 0.2) is 18.2 Å². The first-order valence-corrected chi connectivity index (χ1v) is 8.42. The number of nitrogens with zero attached hydrogens (tertiary/aromatic N) is 3. The third-order valence-corrected chi connectivity index (χ3v) is 4.46. The highest BCUT2D eigenvalue weighted by molar-refractivity contribution is 5.94. The van der Waals surface area contributed by atoms with Crippen molar-refractivity contribution in [1.82, 2.24) is 9.80 Å². The van der Waals surface area contributed by atoms with Crippen LogP contribution in [0.4, 0.5) is 5.69 Å². The number of rotatable bonds is 6. The molecule has 0 radical (unpaired) electrons. The summed E-state index contributed by atoms with van der Waals surface area (Å²) in [5, 5.41) is 0. The largest absolute Gasteiger partial charge is 0.497 e. The predicted molar refractivity (Wildman–Crippen MR) is 96.3 cm³/mol. The first kappa shape index (κ1) is 19.1. The van der Waals surface area contributed by atoms with E-state index in [0.29, 0.717) is 30.2 Å². The number of hydrogen-bond donors (Lipinski definition) is 0. The second kappa shape index (κ2) is 8.71. The van der Waals surface area contributed by atoms with Gasteiger partial charge in [0.25, 0.3) is 0 Å². The van der Waals surface area contributed by atoms with Gasteiger partial charge in [-0.3, -0.25) is 9.59 Å². The lowest BCUT2D eigenvalue weighted by Gasteiger charge is -2.33. The summed E-state index contributed by atoms with van der Waals surface area (Å²) in [6.45, 7) is 5.05. The summed E-state index contributed by atoms with van der Waals surface area (Å²) in [5.74, 6) is 1.14. The van der Waals surface area contributed by atoms with E-state index < -0.39 is 0 Å². The van der Waals surface area contributed by atoms with Crippen LogP contribution in [0.2, 0.25) is 0 Å². The SMILES string of the molecule is COc1ccc(N(CCC(=O)N2CCN(C)CC2)C(C)=O)c(OC)c1. The topological polar surface area (TPSA) is 62.3 Å². The van der Waals surface area contributed by atoms with Gasteiger partial charge in [0.1, 0.15) is 11.5 Å². The lowest BCUT2D eigenvalue weighted by atomic mass is 10.2. The van der Waals surface area contributed by atoms with Gasteiger partial charge in [-0.1, -0.05) is 0 Å². The lowest BCUT2D eigenvalue weighted by molar-refractivity contribution is -0.132. The molecular weight excluding hydrogens is 322 g/mol. The van der Waals surface area contributed by atoms with E-state index in [1.807, 2.05) is 4.90 Å². The number of methoxy groups -OCH3 is 2. The molecule has 138 valence electrons. The smallest absolute Gasteiger partial charge is 0.224 e. The number of piperazine rings is 1. The van der Waals surface area contributed by atoms with Gasteiger partial charge in [0, 0.05) is 52.1 Å². The minimum Gasteiger partial charge on any atom is -0.497 e. The van der Waals surface area contributed by atoms with Gasteiger partial charge in [0.2, 0.25) is 11.8 Å². The van der Waals surface area contributed by atoms with Crippen molar-refractivity contribution in [1.29, 1.82) is 0 Å². The van der Waals surface area contributed by atoms with Crippen LogP contribution >= 0.6 is 0 Å². The Labute approximate surface area is 149 Å². The van der Waals surface area contributed by atoms with Crippen LogP contribution in [0.25, 0.3) is 0 Å². The van der Waals surface area contributed by atoms with Crippen LogP contribution in [-0.2, 0) is 9.59 Å². The first-order chi connectivity index (χ1) is 12.0. The molecular formula is C18H27N3O4. The first-order valence-electron chi connectivity index (χ1n) is 8.42. The number of benzene rings is 1. The zero-order chi connectivity index (χ0) is 18.4. The quantitative estimate of drug-likeness (QED) is 0.773. The Morgan fingerprint density at radius 2 is 1.80 bits per heavy atom. The van der Waals surface area contributed by atoms with E-state index >= 15 is 0 Å². The van der Waals surface area contributed by atoms with Gasteiger partial charge in [-0.15, -0.1) is 0 Å². The van der Waals surface area contributed by atoms with Gasteiger partial charge >= 0.3 is 0 Å². The van der Waals surface area contributed by atoms with Crippen LogP contribution < -0.4 is 14.4 Å². The fourth-order valence-corrected chi connectivity index (χ4v) is 2.88. The van der Waals surface area contributed by atoms with Crippen molar-refractivity contribution in [3.8, 4) is 11.5 Å². The summed E-state index contributed by atoms with van der Waals surface area (Å²) in [7, 11) is 5.17. The third-order valence-electron chi connectivity index (χ3n) is 4.46. The molecule has 1 aromatic rings. The van der Waals surface area contributed by atoms with Crippen LogP contribution in [0.3, 0.4) is 0 Å². The van der Waals surface area contributed by atoms with Crippen molar-refractivity contribution in [3.63, 3.8) is 0 Å². The summed E-state index contributed by atoms with van der Waals surface area (Å²) >= 11 is 0. The molecule has 7 heteroatoms. The monoisotopic (exact) mass is 349 g/mol. The second-order valence-electron chi connectivity index (χ2n) is 6.14. The Kier molecular flexibility index (Phi) is 6.64. The Morgan fingerprint density at radius 3 is 2.36 bits per heavy atom. The van der Waals surface area contributed by atoms with E-state index in [4.69, 9.17) is 9.47 Å². The number of amides is 2. The summed E-state index contributed by atoms with van der Waals surface area (Å²) < 4.78 is 10.6. The van der Waals surface area contributed by atoms with E-state index in [0.717, 1.165) is 26.2 Å². The van der Waals surface area contributed by atoms with E-state index in [-0.39, 0.29) is 11.8 Å². The van der Waals surface area contributed by atoms with E-state index in [1.54, 1.807) is 37.3 Å². The molecule has 0 spiro atoms. The fourth-order valence-electron chi connectivity index (χ4n) is 2.88. The zero-order valence-corrected chi connectivity index (χ0v) is 15.4. The number of anilines is 1. The molecule has 7 nitrogen and oxygen atoms in total. The van der Waals surface area contributed by atoms with E-state index in [1.165, 1.54) is 6.92 Å². The normalized spacial score (nSPS) is 15.0. The van der Waals surface area contributed by atoms with E-state index in [9.17, 15) is 9.59 Å². The Balaban J connectivity index is 2.06. The highest BCUT2D eigenvalue weighted by Gasteiger charge is 2.22. The molecule has 1 aromatic carbocycles. The molecule has 1 aliphatic heterocycles. The second-order valence-corrected chi connectivity index (χ2v) is 6.14. The van der Waals surface area contributed by atoms with Crippen LogP contribution in [0.1, 0.15) is 13.3 Å². The third kappa shape index (κ3) is 4.85. The molecule has 25 heavy (non-hydrogen) atoms. The summed E-state index contributed by atoms with van der Waals surface area (Å²) in [6, 6.07) is 5.28. The van der Waals surface area contributed by atoms with Gasteiger partial charge in [-0.25, -0.2) is 0 Å². The molecule has 2 amide bonds. The number of hydrogen-bond acceptors (Lipinski definition) is 5. The molecule has 0 bridgehead atoms. The highest BCUT2D eigenvalue weighted by Crippen LogP contribution is 2.32. The highest BCUT2D eigenvalue weighted by atomic mass is 16.5. The van der Waals surface area contributed by atoms with Crippen LogP contribution in [0.5, 0.6) is 11.5 Å². The fraction of sp³-hybridized carbons (Fsp3) is 0.556. The molecule has 0 unspecified atom stereocenters. The molecule has 1 aliphatic rings. The molecule has 1 saturated heterocycles. The minimum absolute atomic E-state index is 0.0758. The predicted octanol–water partition coefficient (Wildman–Crippen LogP) is 1.22. The summed E-state index contributed by atoms with van der Waals surface area (Å²) in [6.07, 6.45) is 0.290. The standard InChI is InChI=1S/C18H27N3O4/c1-14(22)21(16-6-5-15(24-3)13-17(16)25-4)8-7-18(23)20-11-9-19(2)10-12-20/h5-6,13H,7-12H2,1-4H3. The van der Waals surface area contributed by atoms with Gasteiger partial charge in [-0.05, 0) is 19.2 Å². The van der Waals surface area contributed by atoms with Gasteiger partial charge < -0.3 is 24.2 Å². The van der Waals surface area contributed by atoms with Gasteiger partial charge in [0.05, 0.1) is 19.9 Å². The average molecular weight is 349 g/mol. The molecule has 0 N–H and O–H groups in total. The number of ether oxygens (including phenoxy) is 2. The van der Waals surface area contributed by atoms with Crippen molar-refractivity contribution < 1.29 is 19.1 Å². The minimum atomic E-state index is -0.130. The summed E-state index contributed by atoms with van der Waals surface area (Å²) in [4.78, 5) is 30.2. The molecule has 0 atom stereocenters. The Bertz CT molecular complexity index is 612. The van der Waals surface area contributed by atoms with E-state index in [2.05, 4.69) is 11.9 Å². The number of carbonyl (C=O) groups is 2. The molecule has 0 saturated carbocycles. The number of likely N-dealkylation sites (N-methyl/N-ethyl adjacent to an activating group) is 1. The summed E-state index contributed by atoms with van der Waals surface area (Å²) in [5.41, 5.74) is 0.641. The van der Waals surface area contributed by atoms with Crippen molar-refractivity contribution in [2.75, 3.05) is 58.9 Å².